The molecule has 0 bridgehead atoms. The van der Waals surface area contributed by atoms with Crippen LogP contribution in [-0.4, -0.2) is 68.8 Å². The maximum Gasteiger partial charge on any atom is 0.293 e. The molecule has 7 rings (SSSR count). The monoisotopic (exact) mass is 864 g/mol. The Morgan fingerprint density at radius 2 is 1.62 bits per heavy atom. The zero-order chi connectivity index (χ0) is 41.9. The smallest absolute Gasteiger partial charge is 0.293 e. The van der Waals surface area contributed by atoms with Crippen LogP contribution < -0.4 is 10.0 Å². The Bertz CT molecular complexity index is 2390. The predicted molar refractivity (Wildman–Crippen MR) is 241 cm³/mol. The number of allylic oxidation sites excluding steroid dienone is 2. The van der Waals surface area contributed by atoms with Crippen molar-refractivity contribution in [2.75, 3.05) is 43.9 Å². The first-order valence-corrected chi connectivity index (χ1v) is 23.2. The highest BCUT2D eigenvalue weighted by Crippen LogP contribution is 2.35. The van der Waals surface area contributed by atoms with E-state index in [0.717, 1.165) is 86.0 Å². The first-order chi connectivity index (χ1) is 29.1. The fraction of sp³-hybridized carbons (Fsp3) is 0.298. The highest BCUT2D eigenvalue weighted by Gasteiger charge is 2.26. The molecule has 2 atom stereocenters. The molecule has 5 aromatic rings. The number of hydrogen-bond donors (Lipinski definition) is 2. The third-order valence-corrected chi connectivity index (χ3v) is 13.8. The number of sulfonamides is 1. The molecule has 2 N–H and O–H groups in total. The standard InChI is InChI=1S/C47H49ClN4O6S2/c48-40-20-18-37(19-21-40)44-9-5-4-6-39(44)32-34-10-12-35(13-11-34)36-14-16-38(17-15-36)47(53)50-60(56,57)43-22-23-45(46(33-43)52(54)55)49-41(24-26-51-27-29-58-30-28-51)25-31-59-42-7-2-1-3-8-42/h1-9,12,14-23,33-34,41,49H,10-11,13,24-32H2,(H,50,53)/t34?,41-/m1/s1. The van der Waals surface area contributed by atoms with Crippen LogP contribution in [0.3, 0.4) is 0 Å². The van der Waals surface area contributed by atoms with Crippen LogP contribution in [0.15, 0.2) is 137 Å². The van der Waals surface area contributed by atoms with Crippen molar-refractivity contribution in [1.82, 2.24) is 9.62 Å². The van der Waals surface area contributed by atoms with Crippen LogP contribution >= 0.6 is 23.4 Å². The van der Waals surface area contributed by atoms with E-state index in [1.807, 2.05) is 42.5 Å². The van der Waals surface area contributed by atoms with Gasteiger partial charge in [0.05, 0.1) is 23.0 Å². The number of nitrogens with zero attached hydrogens (tertiary/aromatic N) is 2. The van der Waals surface area contributed by atoms with E-state index < -0.39 is 20.9 Å². The minimum Gasteiger partial charge on any atom is -0.379 e. The molecule has 1 unspecified atom stereocenters. The van der Waals surface area contributed by atoms with Crippen LogP contribution in [0, 0.1) is 16.0 Å². The minimum atomic E-state index is -4.43. The second-order valence-corrected chi connectivity index (χ2v) is 18.5. The maximum absolute atomic E-state index is 13.5. The van der Waals surface area contributed by atoms with Crippen molar-refractivity contribution in [3.05, 3.63) is 159 Å². The van der Waals surface area contributed by atoms with Gasteiger partial charge in [-0.25, -0.2) is 13.1 Å². The van der Waals surface area contributed by atoms with Gasteiger partial charge in [0, 0.05) is 47.2 Å². The van der Waals surface area contributed by atoms with Gasteiger partial charge in [0.1, 0.15) is 5.69 Å². The molecule has 60 heavy (non-hydrogen) atoms. The van der Waals surface area contributed by atoms with E-state index in [1.54, 1.807) is 23.9 Å². The molecule has 1 aliphatic carbocycles. The summed E-state index contributed by atoms with van der Waals surface area (Å²) in [5.74, 6) is 0.462. The molecule has 5 aromatic carbocycles. The van der Waals surface area contributed by atoms with Gasteiger partial charge < -0.3 is 10.1 Å². The highest BCUT2D eigenvalue weighted by molar-refractivity contribution is 7.99. The number of carbonyl (C=O) groups excluding carboxylic acids is 1. The van der Waals surface area contributed by atoms with Gasteiger partial charge in [-0.1, -0.05) is 84.4 Å². The topological polar surface area (TPSA) is 131 Å². The number of ether oxygens (including phenoxy) is 1. The number of carbonyl (C=O) groups is 1. The van der Waals surface area contributed by atoms with E-state index >= 15 is 0 Å². The molecule has 312 valence electrons. The number of halogens is 1. The lowest BCUT2D eigenvalue weighted by molar-refractivity contribution is -0.384. The molecule has 1 amide bonds. The van der Waals surface area contributed by atoms with Crippen LogP contribution in [0.25, 0.3) is 16.7 Å². The summed E-state index contributed by atoms with van der Waals surface area (Å²) in [5.41, 5.74) is 5.86. The summed E-state index contributed by atoms with van der Waals surface area (Å²) in [6.07, 6.45) is 7.52. The molecule has 1 saturated heterocycles. The molecule has 0 radical (unpaired) electrons. The number of hydrogen-bond acceptors (Lipinski definition) is 9. The zero-order valence-corrected chi connectivity index (χ0v) is 35.7. The molecular weight excluding hydrogens is 816 g/mol. The minimum absolute atomic E-state index is 0.109. The fourth-order valence-corrected chi connectivity index (χ4v) is 9.90. The Morgan fingerprint density at radius 1 is 0.900 bits per heavy atom. The van der Waals surface area contributed by atoms with Gasteiger partial charge >= 0.3 is 0 Å². The summed E-state index contributed by atoms with van der Waals surface area (Å²) >= 11 is 7.85. The van der Waals surface area contributed by atoms with Crippen LogP contribution in [0.5, 0.6) is 0 Å². The van der Waals surface area contributed by atoms with Gasteiger partial charge in [-0.15, -0.1) is 11.8 Å². The van der Waals surface area contributed by atoms with Crippen LogP contribution in [0.1, 0.15) is 53.6 Å². The Kier molecular flexibility index (Phi) is 14.7. The van der Waals surface area contributed by atoms with E-state index in [-0.39, 0.29) is 27.9 Å². The van der Waals surface area contributed by atoms with Gasteiger partial charge in [0.25, 0.3) is 21.6 Å². The molecule has 0 saturated carbocycles. The van der Waals surface area contributed by atoms with Crippen molar-refractivity contribution >= 4 is 56.2 Å². The fourth-order valence-electron chi connectivity index (χ4n) is 7.79. The Labute approximate surface area is 361 Å². The lowest BCUT2D eigenvalue weighted by Gasteiger charge is -2.29. The van der Waals surface area contributed by atoms with E-state index in [9.17, 15) is 23.3 Å². The molecule has 0 aromatic heterocycles. The van der Waals surface area contributed by atoms with E-state index in [1.165, 1.54) is 28.8 Å². The highest BCUT2D eigenvalue weighted by atomic mass is 35.5. The number of rotatable bonds is 17. The number of nitrogens with one attached hydrogen (secondary N) is 2. The number of anilines is 1. The molecule has 1 fully saturated rings. The summed E-state index contributed by atoms with van der Waals surface area (Å²) < 4.78 is 34.5. The van der Waals surface area contributed by atoms with Crippen LogP contribution in [-0.2, 0) is 21.2 Å². The van der Waals surface area contributed by atoms with E-state index in [0.29, 0.717) is 24.2 Å². The van der Waals surface area contributed by atoms with Crippen molar-refractivity contribution in [3.8, 4) is 11.1 Å². The summed E-state index contributed by atoms with van der Waals surface area (Å²) in [7, 11) is -4.43. The van der Waals surface area contributed by atoms with Gasteiger partial charge in [-0.2, -0.15) is 0 Å². The van der Waals surface area contributed by atoms with Crippen molar-refractivity contribution in [2.45, 2.75) is 54.4 Å². The van der Waals surface area contributed by atoms with Crippen molar-refractivity contribution < 1.29 is 22.9 Å². The molecule has 2 aliphatic rings. The third-order valence-electron chi connectivity index (χ3n) is 11.2. The number of thioether (sulfide) groups is 1. The third kappa shape index (κ3) is 11.6. The predicted octanol–water partition coefficient (Wildman–Crippen LogP) is 10.1. The summed E-state index contributed by atoms with van der Waals surface area (Å²) in [6, 6.07) is 37.0. The Morgan fingerprint density at radius 3 is 2.33 bits per heavy atom. The summed E-state index contributed by atoms with van der Waals surface area (Å²) in [4.78, 5) is 28.1. The van der Waals surface area contributed by atoms with Crippen LogP contribution in [0.2, 0.25) is 5.02 Å². The molecule has 1 heterocycles. The Balaban J connectivity index is 0.971. The van der Waals surface area contributed by atoms with Crippen molar-refractivity contribution in [1.29, 1.82) is 0 Å². The van der Waals surface area contributed by atoms with E-state index in [2.05, 4.69) is 69.5 Å². The van der Waals surface area contributed by atoms with E-state index in [4.69, 9.17) is 16.3 Å². The second kappa shape index (κ2) is 20.5. The van der Waals surface area contributed by atoms with Crippen molar-refractivity contribution in [2.24, 2.45) is 5.92 Å². The lowest BCUT2D eigenvalue weighted by atomic mass is 9.82. The first kappa shape index (κ1) is 43.1. The molecule has 13 heteroatoms. The lowest BCUT2D eigenvalue weighted by Crippen LogP contribution is -2.38. The second-order valence-electron chi connectivity index (χ2n) is 15.2. The maximum atomic E-state index is 13.5. The average molecular weight is 866 g/mol. The van der Waals surface area contributed by atoms with Gasteiger partial charge in [-0.05, 0) is 127 Å². The molecule has 0 spiro atoms. The number of amides is 1. The number of nitro groups is 1. The number of morpholine rings is 1. The molecule has 10 nitrogen and oxygen atoms in total. The SMILES string of the molecule is O=C(NS(=O)(=O)c1ccc(N[C@@H](CCSc2ccccc2)CCN2CCOCC2)c([N+](=O)[O-])c1)c1ccc(C2=CCC(Cc3ccccc3-c3ccc(Cl)cc3)CC2)cc1. The summed E-state index contributed by atoms with van der Waals surface area (Å²) in [6.45, 7) is 3.80. The average Bonchev–Trinajstić information content (AvgIpc) is 3.27. The van der Waals surface area contributed by atoms with Crippen LogP contribution in [0.4, 0.5) is 11.4 Å². The zero-order valence-electron chi connectivity index (χ0n) is 33.3. The number of nitro benzene ring substituents is 1. The molecule has 1 aliphatic heterocycles. The van der Waals surface area contributed by atoms with Gasteiger partial charge in [0.15, 0.2) is 0 Å². The quantitative estimate of drug-likeness (QED) is 0.0533. The number of benzene rings is 5. The normalized spacial score (nSPS) is 16.4. The molecular formula is C47H49ClN4O6S2. The van der Waals surface area contributed by atoms with Crippen molar-refractivity contribution in [3.63, 3.8) is 0 Å². The largest absolute Gasteiger partial charge is 0.379 e. The van der Waals surface area contributed by atoms with Gasteiger partial charge in [0.2, 0.25) is 0 Å². The first-order valence-electron chi connectivity index (χ1n) is 20.3. The van der Waals surface area contributed by atoms with Gasteiger partial charge in [-0.3, -0.25) is 19.8 Å². The Hall–Kier alpha value is -4.98. The summed E-state index contributed by atoms with van der Waals surface area (Å²) in [5, 5.41) is 16.4.